The van der Waals surface area contributed by atoms with Gasteiger partial charge in [-0.05, 0) is 51.6 Å². The van der Waals surface area contributed by atoms with Crippen molar-refractivity contribution in [1.82, 2.24) is 9.80 Å². The van der Waals surface area contributed by atoms with Crippen LogP contribution in [-0.2, 0) is 0 Å². The largest absolute Gasteiger partial charge is 0.351 e. The predicted octanol–water partition coefficient (Wildman–Crippen LogP) is 2.64. The molecular weight excluding hydrogens is 285 g/mol. The molecule has 4 nitrogen and oxygen atoms in total. The summed E-state index contributed by atoms with van der Waals surface area (Å²) in [6.07, 6.45) is 8.65. The van der Waals surface area contributed by atoms with E-state index in [1.54, 1.807) is 0 Å². The lowest BCUT2D eigenvalue weighted by atomic mass is 9.99. The Labute approximate surface area is 128 Å². The summed E-state index contributed by atoms with van der Waals surface area (Å²) < 4.78 is 0. The van der Waals surface area contributed by atoms with Gasteiger partial charge in [-0.3, -0.25) is 0 Å². The fourth-order valence-corrected chi connectivity index (χ4v) is 3.11. The highest BCUT2D eigenvalue weighted by Crippen LogP contribution is 2.20. The Balaban J connectivity index is 0.00000162. The summed E-state index contributed by atoms with van der Waals surface area (Å²) >= 11 is 0. The van der Waals surface area contributed by atoms with E-state index in [2.05, 4.69) is 4.90 Å². The molecule has 2 aliphatic rings. The zero-order valence-electron chi connectivity index (χ0n) is 11.6. The number of amides is 2. The van der Waals surface area contributed by atoms with Gasteiger partial charge in [-0.1, -0.05) is 6.42 Å². The van der Waals surface area contributed by atoms with Crippen LogP contribution in [0.5, 0.6) is 0 Å². The molecule has 0 aromatic heterocycles. The number of piperidine rings is 2. The Kier molecular flexibility index (Phi) is 9.58. The van der Waals surface area contributed by atoms with Crippen LogP contribution in [0.2, 0.25) is 0 Å². The van der Waals surface area contributed by atoms with Crippen LogP contribution >= 0.6 is 24.8 Å². The number of carbonyl (C=O) groups excluding carboxylic acids is 1. The second-order valence-corrected chi connectivity index (χ2v) is 5.37. The first kappa shape index (κ1) is 18.8. The summed E-state index contributed by atoms with van der Waals surface area (Å²) in [7, 11) is 0. The molecular formula is C13H27Cl2N3O. The number of hydrogen-bond donors (Lipinski definition) is 1. The molecule has 2 amide bonds. The van der Waals surface area contributed by atoms with Gasteiger partial charge < -0.3 is 15.5 Å². The Bertz CT molecular complexity index is 260. The molecule has 2 rings (SSSR count). The Hall–Kier alpha value is -0.190. The van der Waals surface area contributed by atoms with Crippen molar-refractivity contribution in [3.8, 4) is 0 Å². The lowest BCUT2D eigenvalue weighted by Gasteiger charge is -2.36. The van der Waals surface area contributed by atoms with Crippen LogP contribution in [0.3, 0.4) is 0 Å². The van der Waals surface area contributed by atoms with Crippen molar-refractivity contribution < 1.29 is 4.79 Å². The minimum atomic E-state index is -0.228. The molecule has 0 aromatic rings. The highest BCUT2D eigenvalue weighted by Gasteiger charge is 2.25. The molecule has 114 valence electrons. The molecule has 19 heavy (non-hydrogen) atoms. The van der Waals surface area contributed by atoms with E-state index in [4.69, 9.17) is 5.73 Å². The molecule has 2 N–H and O–H groups in total. The number of nitrogens with two attached hydrogens (primary N) is 1. The number of likely N-dealkylation sites (tertiary alicyclic amines) is 2. The van der Waals surface area contributed by atoms with Crippen LogP contribution in [0, 0.1) is 0 Å². The first-order chi connectivity index (χ1) is 8.27. The number of urea groups is 1. The zero-order chi connectivity index (χ0) is 12.1. The van der Waals surface area contributed by atoms with Gasteiger partial charge in [0.25, 0.3) is 0 Å². The quantitative estimate of drug-likeness (QED) is 0.871. The number of halogens is 2. The SMILES string of the molecule is Cl.Cl.NC(=O)N1CCCCC1CCN1CCCCC1. The van der Waals surface area contributed by atoms with E-state index < -0.39 is 0 Å². The molecule has 2 fully saturated rings. The molecule has 2 saturated heterocycles. The van der Waals surface area contributed by atoms with Gasteiger partial charge in [0.05, 0.1) is 0 Å². The average molecular weight is 312 g/mol. The topological polar surface area (TPSA) is 49.6 Å². The minimum absolute atomic E-state index is 0. The molecule has 2 heterocycles. The molecule has 0 aliphatic carbocycles. The van der Waals surface area contributed by atoms with Gasteiger partial charge in [-0.15, -0.1) is 24.8 Å². The molecule has 0 radical (unpaired) electrons. The van der Waals surface area contributed by atoms with Crippen molar-refractivity contribution in [3.63, 3.8) is 0 Å². The lowest BCUT2D eigenvalue weighted by Crippen LogP contribution is -2.48. The third-order valence-corrected chi connectivity index (χ3v) is 4.14. The number of primary amides is 1. The van der Waals surface area contributed by atoms with Gasteiger partial charge in [-0.2, -0.15) is 0 Å². The maximum Gasteiger partial charge on any atom is 0.315 e. The molecule has 1 unspecified atom stereocenters. The average Bonchev–Trinajstić information content (AvgIpc) is 2.38. The third-order valence-electron chi connectivity index (χ3n) is 4.14. The van der Waals surface area contributed by atoms with Crippen LogP contribution in [0.4, 0.5) is 4.79 Å². The van der Waals surface area contributed by atoms with Crippen molar-refractivity contribution >= 4 is 30.8 Å². The van der Waals surface area contributed by atoms with E-state index in [-0.39, 0.29) is 30.8 Å². The van der Waals surface area contributed by atoms with Gasteiger partial charge in [-0.25, -0.2) is 4.79 Å². The highest BCUT2D eigenvalue weighted by molar-refractivity contribution is 5.85. The maximum atomic E-state index is 11.4. The molecule has 0 spiro atoms. The molecule has 1 atom stereocenters. The predicted molar refractivity (Wildman–Crippen MR) is 83.3 cm³/mol. The van der Waals surface area contributed by atoms with Gasteiger partial charge in [0.15, 0.2) is 0 Å². The van der Waals surface area contributed by atoms with E-state index >= 15 is 0 Å². The smallest absolute Gasteiger partial charge is 0.315 e. The normalized spacial score (nSPS) is 24.2. The van der Waals surface area contributed by atoms with Crippen molar-refractivity contribution in [2.45, 2.75) is 51.0 Å². The van der Waals surface area contributed by atoms with E-state index in [1.165, 1.54) is 38.8 Å². The van der Waals surface area contributed by atoms with Crippen LogP contribution in [0.1, 0.15) is 44.9 Å². The Morgan fingerprint density at radius 1 is 1.00 bits per heavy atom. The number of hydrogen-bond acceptors (Lipinski definition) is 2. The number of nitrogens with zero attached hydrogens (tertiary/aromatic N) is 2. The highest BCUT2D eigenvalue weighted by atomic mass is 35.5. The van der Waals surface area contributed by atoms with E-state index in [1.807, 2.05) is 4.90 Å². The first-order valence-corrected chi connectivity index (χ1v) is 7.06. The van der Waals surface area contributed by atoms with Crippen molar-refractivity contribution in [2.24, 2.45) is 5.73 Å². The second kappa shape index (κ2) is 9.67. The first-order valence-electron chi connectivity index (χ1n) is 7.06. The van der Waals surface area contributed by atoms with Crippen LogP contribution < -0.4 is 5.73 Å². The van der Waals surface area contributed by atoms with E-state index in [0.29, 0.717) is 6.04 Å². The Morgan fingerprint density at radius 3 is 2.26 bits per heavy atom. The summed E-state index contributed by atoms with van der Waals surface area (Å²) in [5.41, 5.74) is 5.44. The zero-order valence-corrected chi connectivity index (χ0v) is 13.2. The third kappa shape index (κ3) is 5.76. The fraction of sp³-hybridized carbons (Fsp3) is 0.923. The number of carbonyl (C=O) groups is 1. The summed E-state index contributed by atoms with van der Waals surface area (Å²) in [4.78, 5) is 15.8. The summed E-state index contributed by atoms with van der Waals surface area (Å²) in [6.45, 7) is 4.47. The standard InChI is InChI=1S/C13H25N3O.2ClH/c14-13(17)16-10-5-2-6-12(16)7-11-15-8-3-1-4-9-15;;/h12H,1-11H2,(H2,14,17);2*1H. The van der Waals surface area contributed by atoms with E-state index in [9.17, 15) is 4.79 Å². The van der Waals surface area contributed by atoms with Gasteiger partial charge >= 0.3 is 6.03 Å². The van der Waals surface area contributed by atoms with Crippen LogP contribution in [0.25, 0.3) is 0 Å². The minimum Gasteiger partial charge on any atom is -0.351 e. The van der Waals surface area contributed by atoms with Crippen molar-refractivity contribution in [2.75, 3.05) is 26.2 Å². The van der Waals surface area contributed by atoms with Gasteiger partial charge in [0.1, 0.15) is 0 Å². The lowest BCUT2D eigenvalue weighted by molar-refractivity contribution is 0.137. The summed E-state index contributed by atoms with van der Waals surface area (Å²) in [5, 5.41) is 0. The summed E-state index contributed by atoms with van der Waals surface area (Å²) in [6, 6.07) is 0.163. The van der Waals surface area contributed by atoms with E-state index in [0.717, 1.165) is 32.4 Å². The number of rotatable bonds is 3. The summed E-state index contributed by atoms with van der Waals surface area (Å²) in [5.74, 6) is 0. The second-order valence-electron chi connectivity index (χ2n) is 5.37. The molecule has 0 aromatic carbocycles. The van der Waals surface area contributed by atoms with Gasteiger partial charge in [0.2, 0.25) is 0 Å². The molecule has 0 bridgehead atoms. The Morgan fingerprint density at radius 2 is 1.63 bits per heavy atom. The van der Waals surface area contributed by atoms with Gasteiger partial charge in [0, 0.05) is 19.1 Å². The van der Waals surface area contributed by atoms with Crippen LogP contribution in [-0.4, -0.2) is 48.1 Å². The molecule has 6 heteroatoms. The van der Waals surface area contributed by atoms with Crippen molar-refractivity contribution in [1.29, 1.82) is 0 Å². The molecule has 0 saturated carbocycles. The van der Waals surface area contributed by atoms with Crippen LogP contribution in [0.15, 0.2) is 0 Å². The maximum absolute atomic E-state index is 11.4. The monoisotopic (exact) mass is 311 g/mol. The molecule has 2 aliphatic heterocycles. The van der Waals surface area contributed by atoms with Crippen molar-refractivity contribution in [3.05, 3.63) is 0 Å². The fourth-order valence-electron chi connectivity index (χ4n) is 3.11.